The first-order valence-electron chi connectivity index (χ1n) is 22.1. The molecule has 0 bridgehead atoms. The van der Waals surface area contributed by atoms with Crippen molar-refractivity contribution in [2.45, 2.75) is 0 Å². The second kappa shape index (κ2) is 13.3. The smallest absolute Gasteiger partial charge is 0.166 e. The van der Waals surface area contributed by atoms with Crippen LogP contribution in [0.3, 0.4) is 0 Å². The van der Waals surface area contributed by atoms with E-state index in [1.165, 1.54) is 0 Å². The maximum Gasteiger partial charge on any atom is 0.166 e. The maximum atomic E-state index is 9.37. The first-order chi connectivity index (χ1) is 31.1. The lowest BCUT2D eigenvalue weighted by Crippen LogP contribution is -2.04. The molecule has 0 amide bonds. The fourth-order valence-electron chi connectivity index (χ4n) is 7.54. The minimum absolute atomic E-state index is 0.000320. The van der Waals surface area contributed by atoms with Crippen LogP contribution in [0.1, 0.15) is 11.0 Å². The zero-order valence-electron chi connectivity index (χ0n) is 37.6. The fraction of sp³-hybridized carbons (Fsp3) is 0. The highest BCUT2D eigenvalue weighted by molar-refractivity contribution is 7.26. The molecule has 5 heteroatoms. The Balaban J connectivity index is 1.27. The number of hydrogen-bond acceptors (Lipinski definition) is 4. The molecule has 3 aromatic heterocycles. The topological polar surface area (TPSA) is 43.6 Å². The average Bonchev–Trinajstić information content (AvgIpc) is 3.91. The van der Waals surface area contributed by atoms with E-state index in [2.05, 4.69) is 36.4 Å². The van der Waals surface area contributed by atoms with Gasteiger partial charge in [-0.25, -0.2) is 15.0 Å². The van der Waals surface area contributed by atoms with Crippen LogP contribution in [0.5, 0.6) is 0 Å². The van der Waals surface area contributed by atoms with Crippen LogP contribution in [0.2, 0.25) is 0 Å². The first-order valence-corrected chi connectivity index (χ1v) is 18.9. The van der Waals surface area contributed by atoms with E-state index in [-0.39, 0.29) is 27.6 Å². The van der Waals surface area contributed by atoms with Gasteiger partial charge in [-0.2, -0.15) is 0 Å². The van der Waals surface area contributed by atoms with Gasteiger partial charge in [0.2, 0.25) is 0 Å². The molecule has 0 aliphatic carbocycles. The highest BCUT2D eigenvalue weighted by Gasteiger charge is 2.21. The summed E-state index contributed by atoms with van der Waals surface area (Å²) in [6.07, 6.45) is 0. The van der Waals surface area contributed by atoms with Crippen molar-refractivity contribution in [2.24, 2.45) is 0 Å². The van der Waals surface area contributed by atoms with Crippen LogP contribution in [0, 0.1) is 0 Å². The van der Waals surface area contributed by atoms with Gasteiger partial charge in [0.1, 0.15) is 0 Å². The van der Waals surface area contributed by atoms with Gasteiger partial charge >= 0.3 is 0 Å². The fourth-order valence-corrected chi connectivity index (χ4v) is 8.71. The third kappa shape index (κ3) is 5.40. The van der Waals surface area contributed by atoms with Crippen molar-refractivity contribution in [3.05, 3.63) is 194 Å². The third-order valence-electron chi connectivity index (χ3n) is 10.1. The molecular weight excluding hydrogens is 701 g/mol. The quantitative estimate of drug-likeness (QED) is 0.170. The van der Waals surface area contributed by atoms with Crippen LogP contribution in [0.25, 0.3) is 104 Å². The molecule has 262 valence electrons. The number of aromatic nitrogens is 4. The van der Waals surface area contributed by atoms with E-state index in [0.717, 1.165) is 53.6 Å². The highest BCUT2D eigenvalue weighted by Crippen LogP contribution is 2.44. The zero-order valence-corrected chi connectivity index (χ0v) is 30.4. The Morgan fingerprint density at radius 3 is 1.62 bits per heavy atom. The van der Waals surface area contributed by atoms with Crippen LogP contribution in [0.4, 0.5) is 0 Å². The van der Waals surface area contributed by atoms with Gasteiger partial charge in [-0.1, -0.05) is 158 Å². The summed E-state index contributed by atoms with van der Waals surface area (Å²) < 4.78 is 75.8. The van der Waals surface area contributed by atoms with E-state index in [1.54, 1.807) is 15.9 Å². The number of hydrogen-bond donors (Lipinski definition) is 0. The molecule has 0 saturated heterocycles. The largest absolute Gasteiger partial charge is 0.308 e. The van der Waals surface area contributed by atoms with Crippen LogP contribution in [-0.4, -0.2) is 19.5 Å². The second-order valence-electron chi connectivity index (χ2n) is 13.4. The standard InChI is InChI=1S/C51H32N4S/c1-4-15-33(16-5-1)36-27-30-42-47(32-36)56-46-26-14-23-38(48(42)46)37-28-29-41(45(31-37)55-43-24-12-10-21-39(43)40-22-11-13-25-44(40)55)51-53-49(34-17-6-2-7-18-34)52-50(54-51)35-19-8-3-9-20-35/h1-32H/i10D,11D,12D,13D,21D,22D,24D,25D. The van der Waals surface area contributed by atoms with Crippen molar-refractivity contribution in [3.8, 4) is 62.1 Å². The first kappa shape index (κ1) is 25.0. The molecule has 0 spiro atoms. The minimum atomic E-state index is -0.512. The molecule has 0 aliphatic heterocycles. The normalized spacial score (nSPS) is 13.6. The lowest BCUT2D eigenvalue weighted by atomic mass is 9.96. The Kier molecular flexibility index (Phi) is 5.92. The summed E-state index contributed by atoms with van der Waals surface area (Å²) in [4.78, 5) is 15.0. The lowest BCUT2D eigenvalue weighted by molar-refractivity contribution is 1.06. The van der Waals surface area contributed by atoms with Crippen molar-refractivity contribution < 1.29 is 11.0 Å². The van der Waals surface area contributed by atoms with Crippen LogP contribution in [-0.2, 0) is 0 Å². The minimum Gasteiger partial charge on any atom is -0.308 e. The summed E-state index contributed by atoms with van der Waals surface area (Å²) in [5.41, 5.74) is 6.16. The van der Waals surface area contributed by atoms with Gasteiger partial charge in [-0.05, 0) is 58.6 Å². The second-order valence-corrected chi connectivity index (χ2v) is 14.5. The summed E-state index contributed by atoms with van der Waals surface area (Å²) in [5.74, 6) is 1.04. The molecule has 8 aromatic carbocycles. The lowest BCUT2D eigenvalue weighted by Gasteiger charge is -2.17. The van der Waals surface area contributed by atoms with Gasteiger partial charge in [0.15, 0.2) is 17.5 Å². The SMILES string of the molecule is [2H]c1c([2H])c([2H])c2c(c1[2H])c1c([2H])c([2H])c([2H])c([2H])c1n2-c1cc(-c2cccc3sc4cc(-c5ccccc5)ccc4c23)ccc1-c1nc(-c2ccccc2)nc(-c2ccccc2)n1. The molecule has 4 nitrogen and oxygen atoms in total. The molecule has 0 aliphatic rings. The predicted molar refractivity (Wildman–Crippen MR) is 234 cm³/mol. The molecule has 11 rings (SSSR count). The molecule has 0 saturated carbocycles. The average molecular weight is 741 g/mol. The van der Waals surface area contributed by atoms with Gasteiger partial charge < -0.3 is 4.57 Å². The Morgan fingerprint density at radius 2 is 0.982 bits per heavy atom. The summed E-state index contributed by atoms with van der Waals surface area (Å²) in [6, 6.07) is 44.0. The van der Waals surface area contributed by atoms with Crippen LogP contribution >= 0.6 is 11.3 Å². The van der Waals surface area contributed by atoms with Gasteiger partial charge in [0, 0.05) is 47.6 Å². The summed E-state index contributed by atoms with van der Waals surface area (Å²) >= 11 is 1.70. The predicted octanol–water partition coefficient (Wildman–Crippen LogP) is 13.7. The number of nitrogens with zero attached hydrogens (tertiary/aromatic N) is 4. The van der Waals surface area contributed by atoms with Crippen molar-refractivity contribution in [3.63, 3.8) is 0 Å². The van der Waals surface area contributed by atoms with Gasteiger partial charge in [-0.3, -0.25) is 0 Å². The molecule has 0 fully saturated rings. The van der Waals surface area contributed by atoms with E-state index in [1.807, 2.05) is 109 Å². The number of rotatable bonds is 6. The monoisotopic (exact) mass is 740 g/mol. The van der Waals surface area contributed by atoms with E-state index in [4.69, 9.17) is 23.2 Å². The Morgan fingerprint density at radius 1 is 0.411 bits per heavy atom. The molecular formula is C51H32N4S. The van der Waals surface area contributed by atoms with Crippen LogP contribution in [0.15, 0.2) is 194 Å². The molecule has 3 heterocycles. The molecule has 56 heavy (non-hydrogen) atoms. The highest BCUT2D eigenvalue weighted by atomic mass is 32.1. The van der Waals surface area contributed by atoms with E-state index >= 15 is 0 Å². The van der Waals surface area contributed by atoms with E-state index < -0.39 is 48.3 Å². The number of fused-ring (bicyclic) bond motifs is 6. The number of para-hydroxylation sites is 2. The van der Waals surface area contributed by atoms with E-state index in [9.17, 15) is 2.74 Å². The van der Waals surface area contributed by atoms with Crippen molar-refractivity contribution in [1.29, 1.82) is 0 Å². The van der Waals surface area contributed by atoms with Gasteiger partial charge in [0.05, 0.1) is 27.7 Å². The van der Waals surface area contributed by atoms with Gasteiger partial charge in [-0.15, -0.1) is 11.3 Å². The van der Waals surface area contributed by atoms with Crippen molar-refractivity contribution in [2.75, 3.05) is 0 Å². The Hall–Kier alpha value is -7.21. The summed E-state index contributed by atoms with van der Waals surface area (Å²) in [6.45, 7) is 0. The number of thiophene rings is 1. The molecule has 0 unspecified atom stereocenters. The zero-order chi connectivity index (χ0) is 44.0. The van der Waals surface area contributed by atoms with Crippen molar-refractivity contribution >= 4 is 53.3 Å². The Bertz CT molecular complexity index is 3570. The van der Waals surface area contributed by atoms with Gasteiger partial charge in [0.25, 0.3) is 0 Å². The summed E-state index contributed by atoms with van der Waals surface area (Å²) in [5, 5.41) is 2.06. The Labute approximate surface area is 338 Å². The molecule has 11 aromatic rings. The maximum absolute atomic E-state index is 9.37. The molecule has 0 atom stereocenters. The summed E-state index contributed by atoms with van der Waals surface area (Å²) in [7, 11) is 0. The molecule has 0 radical (unpaired) electrons. The van der Waals surface area contributed by atoms with Crippen LogP contribution < -0.4 is 0 Å². The number of benzene rings is 8. The third-order valence-corrected chi connectivity index (χ3v) is 11.2. The van der Waals surface area contributed by atoms with E-state index in [0.29, 0.717) is 22.9 Å². The van der Waals surface area contributed by atoms with Crippen molar-refractivity contribution in [1.82, 2.24) is 19.5 Å². The molecule has 0 N–H and O–H groups in total.